The molecular weight excluding hydrogens is 315 g/mol. The molecule has 75 valence electrons. The third kappa shape index (κ3) is 2.09. The van der Waals surface area contributed by atoms with Gasteiger partial charge < -0.3 is 0 Å². The summed E-state index contributed by atoms with van der Waals surface area (Å²) in [5, 5.41) is 51.5. The van der Waals surface area contributed by atoms with E-state index < -0.39 is 10.7 Å². The van der Waals surface area contributed by atoms with Gasteiger partial charge in [-0.3, -0.25) is 0 Å². The SMILES string of the molecule is N#[C][Fe]([C]#N)([C]#N)([C]#N)([C]#N)[C]#N.[Cu].[KH]. The molecule has 0 saturated heterocycles. The van der Waals surface area contributed by atoms with E-state index in [1.807, 2.05) is 0 Å². The summed E-state index contributed by atoms with van der Waals surface area (Å²) >= 11 is 0. The molecule has 0 bridgehead atoms. The van der Waals surface area contributed by atoms with Crippen molar-refractivity contribution >= 4 is 51.4 Å². The third-order valence-electron chi connectivity index (χ3n) is 1.19. The summed E-state index contributed by atoms with van der Waals surface area (Å²) in [7, 11) is -6.17. The van der Waals surface area contributed by atoms with Gasteiger partial charge in [-0.25, -0.2) is 0 Å². The van der Waals surface area contributed by atoms with Crippen LogP contribution >= 0.6 is 0 Å². The normalized spacial score (nSPS) is 11.6. The molecule has 0 saturated carbocycles. The zero-order valence-corrected chi connectivity index (χ0v) is 8.38. The van der Waals surface area contributed by atoms with Crippen LogP contribution in [0.1, 0.15) is 0 Å². The summed E-state index contributed by atoms with van der Waals surface area (Å²) in [5.74, 6) is 0. The van der Waals surface area contributed by atoms with Crippen molar-refractivity contribution in [2.75, 3.05) is 0 Å². The van der Waals surface area contributed by atoms with Crippen LogP contribution < -0.4 is 0 Å². The molecule has 0 aliphatic carbocycles. The fraction of sp³-hybridized carbons (Fsp3) is 0. The molecule has 0 aromatic carbocycles. The molecule has 1 radical (unpaired) electrons. The van der Waals surface area contributed by atoms with Crippen LogP contribution in [0.4, 0.5) is 0 Å². The van der Waals surface area contributed by atoms with Gasteiger partial charge in [-0.05, 0) is 0 Å². The monoisotopic (exact) mass is 315 g/mol. The van der Waals surface area contributed by atoms with Crippen molar-refractivity contribution in [2.45, 2.75) is 0 Å². The van der Waals surface area contributed by atoms with Crippen LogP contribution in [0.5, 0.6) is 0 Å². The summed E-state index contributed by atoms with van der Waals surface area (Å²) in [4.78, 5) is 6.19. The summed E-state index contributed by atoms with van der Waals surface area (Å²) < 4.78 is 0. The van der Waals surface area contributed by atoms with E-state index in [0.717, 1.165) is 29.8 Å². The topological polar surface area (TPSA) is 143 Å². The summed E-state index contributed by atoms with van der Waals surface area (Å²) in [6, 6.07) is 0. The van der Waals surface area contributed by atoms with Gasteiger partial charge in [-0.1, -0.05) is 0 Å². The molecule has 0 N–H and O–H groups in total. The zero-order chi connectivity index (χ0) is 10.7. The number of rotatable bonds is 0. The Hall–Kier alpha value is -0.385. The van der Waals surface area contributed by atoms with Gasteiger partial charge in [0.05, 0.1) is 0 Å². The first-order chi connectivity index (χ1) is 5.97. The fourth-order valence-corrected chi connectivity index (χ4v) is 1.09. The number of nitrogens with zero attached hydrogens (tertiary/aromatic N) is 6. The van der Waals surface area contributed by atoms with Crippen molar-refractivity contribution < 1.29 is 27.8 Å². The molecule has 0 heterocycles. The van der Waals surface area contributed by atoms with Crippen LogP contribution in [0.2, 0.25) is 0 Å². The second-order valence-electron chi connectivity index (χ2n) is 1.80. The Morgan fingerprint density at radius 2 is 0.667 bits per heavy atom. The molecule has 0 aromatic heterocycles. The maximum atomic E-state index is 8.58. The first kappa shape index (κ1) is 20.1. The Morgan fingerprint density at radius 1 is 0.533 bits per heavy atom. The molecule has 0 aromatic rings. The Balaban J connectivity index is -0.000000720. The number of hydrogen-bond acceptors (Lipinski definition) is 6. The van der Waals surface area contributed by atoms with Crippen molar-refractivity contribution in [1.82, 2.24) is 0 Å². The quantitative estimate of drug-likeness (QED) is 0.548. The van der Waals surface area contributed by atoms with E-state index in [2.05, 4.69) is 0 Å². The fourth-order valence-electron chi connectivity index (χ4n) is 0.265. The van der Waals surface area contributed by atoms with Crippen molar-refractivity contribution in [3.8, 4) is 29.8 Å². The molecule has 15 heavy (non-hydrogen) atoms. The van der Waals surface area contributed by atoms with Gasteiger partial charge in [0.15, 0.2) is 0 Å². The van der Waals surface area contributed by atoms with Crippen LogP contribution in [0, 0.1) is 61.4 Å². The van der Waals surface area contributed by atoms with Crippen molar-refractivity contribution in [2.24, 2.45) is 0 Å². The predicted molar refractivity (Wildman–Crippen MR) is 40.8 cm³/mol. The van der Waals surface area contributed by atoms with Gasteiger partial charge in [-0.2, -0.15) is 0 Å². The van der Waals surface area contributed by atoms with Gasteiger partial charge in [0, 0.05) is 17.1 Å². The summed E-state index contributed by atoms with van der Waals surface area (Å²) in [6.07, 6.45) is 0. The molecule has 0 rings (SSSR count). The maximum absolute atomic E-state index is 8.58. The van der Waals surface area contributed by atoms with E-state index >= 15 is 0 Å². The molecule has 0 atom stereocenters. The first-order valence-corrected chi connectivity index (χ1v) is 5.71. The van der Waals surface area contributed by atoms with Crippen LogP contribution in [-0.2, 0) is 27.8 Å². The molecule has 9 heteroatoms. The van der Waals surface area contributed by atoms with E-state index in [9.17, 15) is 0 Å². The van der Waals surface area contributed by atoms with E-state index in [1.165, 1.54) is 0 Å². The molecule has 0 aliphatic heterocycles. The van der Waals surface area contributed by atoms with Crippen molar-refractivity contribution in [3.63, 3.8) is 0 Å². The van der Waals surface area contributed by atoms with Crippen LogP contribution in [0.3, 0.4) is 0 Å². The Bertz CT molecular complexity index is 397. The average Bonchev–Trinajstić information content (AvgIpc) is 2.26. The standard InChI is InChI=1S/6CN.Cu.Fe.K.H/c6*1-2;;;;. The average molecular weight is 316 g/mol. The minimum absolute atomic E-state index is 0. The van der Waals surface area contributed by atoms with Crippen LogP contribution in [-0.4, -0.2) is 51.4 Å². The minimum atomic E-state index is -6.17. The number of nitriles is 6. The second-order valence-corrected chi connectivity index (χ2v) is 7.42. The molecule has 0 unspecified atom stereocenters. The molecule has 6 nitrogen and oxygen atoms in total. The predicted octanol–water partition coefficient (Wildman–Crippen LogP) is -0.553. The van der Waals surface area contributed by atoms with Gasteiger partial charge in [0.1, 0.15) is 0 Å². The van der Waals surface area contributed by atoms with Gasteiger partial charge in [-0.15, -0.1) is 0 Å². The van der Waals surface area contributed by atoms with E-state index in [4.69, 9.17) is 31.6 Å². The van der Waals surface area contributed by atoms with Gasteiger partial charge >= 0.3 is 123 Å². The van der Waals surface area contributed by atoms with Crippen LogP contribution in [0.15, 0.2) is 0 Å². The molecular formula is C6HCuFeKN6. The third-order valence-corrected chi connectivity index (χ3v) is 4.89. The van der Waals surface area contributed by atoms with Crippen molar-refractivity contribution in [1.29, 1.82) is 31.6 Å². The Labute approximate surface area is 138 Å². The van der Waals surface area contributed by atoms with Crippen molar-refractivity contribution in [3.05, 3.63) is 0 Å². The molecule has 0 fully saturated rings. The summed E-state index contributed by atoms with van der Waals surface area (Å²) in [5.41, 5.74) is 0. The van der Waals surface area contributed by atoms with E-state index in [0.29, 0.717) is 0 Å². The van der Waals surface area contributed by atoms with E-state index in [1.54, 1.807) is 0 Å². The molecule has 0 amide bonds. The second kappa shape index (κ2) is 5.10. The summed E-state index contributed by atoms with van der Waals surface area (Å²) in [6.45, 7) is 0. The van der Waals surface area contributed by atoms with Crippen LogP contribution in [0.25, 0.3) is 0 Å². The number of hydrogen-bond donors (Lipinski definition) is 0. The first-order valence-electron chi connectivity index (χ1n) is 2.40. The molecule has 0 aliphatic rings. The molecule has 0 spiro atoms. The van der Waals surface area contributed by atoms with Gasteiger partial charge in [0.2, 0.25) is 0 Å². The van der Waals surface area contributed by atoms with Gasteiger partial charge in [0.25, 0.3) is 0 Å². The zero-order valence-electron chi connectivity index (χ0n) is 6.34. The van der Waals surface area contributed by atoms with E-state index in [-0.39, 0.29) is 68.5 Å². The Morgan fingerprint density at radius 3 is 0.667 bits per heavy atom. The Kier molecular flexibility index (Phi) is 6.83.